The van der Waals surface area contributed by atoms with E-state index in [1.807, 2.05) is 12.2 Å². The Balaban J connectivity index is 0.00000176. The van der Waals surface area contributed by atoms with Gasteiger partial charge in [0.2, 0.25) is 0 Å². The van der Waals surface area contributed by atoms with E-state index >= 15 is 0 Å². The van der Waals surface area contributed by atoms with Crippen LogP contribution in [-0.4, -0.2) is 43.8 Å². The monoisotopic (exact) mass is 344 g/mol. The van der Waals surface area contributed by atoms with Crippen molar-refractivity contribution in [3.05, 3.63) is 24.8 Å². The zero-order chi connectivity index (χ0) is 15.0. The minimum absolute atomic E-state index is 0. The van der Waals surface area contributed by atoms with Crippen molar-refractivity contribution in [2.45, 2.75) is 12.3 Å². The van der Waals surface area contributed by atoms with Crippen LogP contribution < -0.4 is 11.9 Å². The van der Waals surface area contributed by atoms with Gasteiger partial charge in [-0.25, -0.2) is 15.0 Å². The van der Waals surface area contributed by atoms with Crippen LogP contribution >= 0.6 is 6.49 Å². The number of imidazole rings is 1. The molecule has 2 aromatic rings. The average Bonchev–Trinajstić information content (AvgIpc) is 3.02. The van der Waals surface area contributed by atoms with Crippen LogP contribution in [0.1, 0.15) is 6.23 Å². The van der Waals surface area contributed by atoms with Crippen LogP contribution in [0.4, 0.5) is 5.82 Å². The fraction of sp³-hybridized carbons (Fsp3) is 0.364. The van der Waals surface area contributed by atoms with Gasteiger partial charge < -0.3 is 26.0 Å². The Morgan fingerprint density at radius 1 is 1.45 bits per heavy atom. The Kier molecular flexibility index (Phi) is 4.90. The summed E-state index contributed by atoms with van der Waals surface area (Å²) < 4.78 is 12.8. The van der Waals surface area contributed by atoms with Gasteiger partial charge >= 0.3 is 0 Å². The molecule has 0 amide bonds. The van der Waals surface area contributed by atoms with E-state index in [-0.39, 0.29) is 25.1 Å². The average molecular weight is 344 g/mol. The van der Waals surface area contributed by atoms with Crippen LogP contribution in [0.25, 0.3) is 11.2 Å². The topological polar surface area (TPSA) is 143 Å². The molecule has 0 saturated carbocycles. The number of rotatable bonds is 4. The number of anilines is 1. The first kappa shape index (κ1) is 16.9. The van der Waals surface area contributed by atoms with Gasteiger partial charge in [-0.15, -0.1) is 0 Å². The summed E-state index contributed by atoms with van der Waals surface area (Å²) >= 11 is 4.82. The quantitative estimate of drug-likeness (QED) is 0.546. The van der Waals surface area contributed by atoms with Gasteiger partial charge in [-0.1, -0.05) is 6.08 Å². The molecule has 11 heteroatoms. The molecular weight excluding hydrogens is 327 g/mol. The van der Waals surface area contributed by atoms with Crippen molar-refractivity contribution in [1.82, 2.24) is 25.7 Å². The Morgan fingerprint density at radius 2 is 2.23 bits per heavy atom. The Bertz CT molecular complexity index is 745. The van der Waals surface area contributed by atoms with Gasteiger partial charge in [0.25, 0.3) is 0 Å². The molecule has 0 aliphatic carbocycles. The predicted octanol–water partition coefficient (Wildman–Crippen LogP) is 0.972. The molecule has 3 atom stereocenters. The number of aromatic nitrogens is 4. The van der Waals surface area contributed by atoms with Crippen molar-refractivity contribution >= 4 is 35.3 Å². The molecule has 6 N–H and O–H groups in total. The zero-order valence-electron chi connectivity index (χ0n) is 11.9. The van der Waals surface area contributed by atoms with Crippen molar-refractivity contribution in [2.24, 2.45) is 0 Å². The van der Waals surface area contributed by atoms with E-state index in [1.165, 1.54) is 13.0 Å². The predicted molar refractivity (Wildman–Crippen MR) is 86.2 cm³/mol. The molecule has 120 valence electrons. The summed E-state index contributed by atoms with van der Waals surface area (Å²) in [5.41, 5.74) is 6.88. The summed E-state index contributed by atoms with van der Waals surface area (Å²) in [6.07, 6.45) is 6.07. The van der Waals surface area contributed by atoms with Gasteiger partial charge in [0.15, 0.2) is 24.2 Å². The van der Waals surface area contributed by atoms with Crippen LogP contribution in [0, 0.1) is 0 Å². The minimum Gasteiger partial charge on any atom is -0.382 e. The molecule has 9 nitrogen and oxygen atoms in total. The molecule has 0 bridgehead atoms. The maximum atomic E-state index is 9.48. The molecule has 3 rings (SSSR count). The summed E-state index contributed by atoms with van der Waals surface area (Å²) in [5.74, 6) is 0.326. The van der Waals surface area contributed by atoms with E-state index in [4.69, 9.17) is 26.8 Å². The minimum atomic E-state index is -2.68. The number of hydrogen-bond acceptors (Lipinski definition) is 8. The maximum Gasteiger partial charge on any atom is 0.183 e. The lowest BCUT2D eigenvalue weighted by molar-refractivity contribution is -0.000976. The third kappa shape index (κ3) is 3.49. The lowest BCUT2D eigenvalue weighted by Crippen LogP contribution is -2.16. The number of fused-ring (bicyclic) bond motifs is 1. The van der Waals surface area contributed by atoms with Gasteiger partial charge in [-0.2, -0.15) is 0 Å². The summed E-state index contributed by atoms with van der Waals surface area (Å²) in [7, 11) is 0. The molecule has 0 saturated heterocycles. The van der Waals surface area contributed by atoms with Crippen molar-refractivity contribution in [2.75, 3.05) is 19.0 Å². The van der Waals surface area contributed by atoms with Crippen LogP contribution in [0.3, 0.4) is 0 Å². The Morgan fingerprint density at radius 3 is 2.95 bits per heavy atom. The van der Waals surface area contributed by atoms with E-state index in [0.29, 0.717) is 17.0 Å². The number of nitrogens with zero attached hydrogens (tertiary/aromatic N) is 4. The van der Waals surface area contributed by atoms with Crippen molar-refractivity contribution in [3.63, 3.8) is 0 Å². The second kappa shape index (κ2) is 6.37. The van der Waals surface area contributed by atoms with Crippen molar-refractivity contribution in [1.29, 1.82) is 0 Å². The van der Waals surface area contributed by atoms with Crippen LogP contribution in [0.5, 0.6) is 0 Å². The lowest BCUT2D eigenvalue weighted by atomic mass is 10.4. The SMILES string of the molecule is CP(O)(=S)OCC1C=CC(n2cnc3c(N)ncnc32)O1.N. The van der Waals surface area contributed by atoms with E-state index in [1.54, 1.807) is 10.9 Å². The fourth-order valence-corrected chi connectivity index (χ4v) is 2.62. The first-order valence-corrected chi connectivity index (χ1v) is 9.27. The van der Waals surface area contributed by atoms with Crippen molar-refractivity contribution in [3.8, 4) is 0 Å². The van der Waals surface area contributed by atoms with Gasteiger partial charge in [-0.05, 0) is 17.9 Å². The highest BCUT2D eigenvalue weighted by atomic mass is 32.5. The second-order valence-electron chi connectivity index (χ2n) is 4.63. The first-order chi connectivity index (χ1) is 9.94. The van der Waals surface area contributed by atoms with Gasteiger partial charge in [0.05, 0.1) is 12.9 Å². The molecule has 0 spiro atoms. The number of nitrogen functional groups attached to an aromatic ring is 1. The molecule has 0 fully saturated rings. The van der Waals surface area contributed by atoms with Gasteiger partial charge in [0, 0.05) is 6.66 Å². The summed E-state index contributed by atoms with van der Waals surface area (Å²) in [4.78, 5) is 21.7. The molecule has 22 heavy (non-hydrogen) atoms. The zero-order valence-corrected chi connectivity index (χ0v) is 13.6. The largest absolute Gasteiger partial charge is 0.382 e. The third-order valence-corrected chi connectivity index (χ3v) is 3.89. The van der Waals surface area contributed by atoms with E-state index in [0.717, 1.165) is 0 Å². The summed E-state index contributed by atoms with van der Waals surface area (Å²) in [6.45, 7) is -0.970. The highest BCUT2D eigenvalue weighted by Crippen LogP contribution is 2.38. The highest BCUT2D eigenvalue weighted by Gasteiger charge is 2.24. The molecule has 0 aromatic carbocycles. The standard InChI is InChI=1S/C11H14N5O3PS.H3N/c1-20(17,21)18-4-7-2-3-8(19-7)16-6-15-9-10(12)13-5-14-11(9)16;/h2-3,5-8H,4H2,1H3,(H,17,21)(H2,12,13,14);1H3. The molecule has 2 aromatic heterocycles. The molecular formula is C11H17N6O3PS. The maximum absolute atomic E-state index is 9.48. The van der Waals surface area contributed by atoms with Crippen LogP contribution in [-0.2, 0) is 21.1 Å². The lowest BCUT2D eigenvalue weighted by Gasteiger charge is -2.17. The third-order valence-electron chi connectivity index (χ3n) is 2.94. The summed E-state index contributed by atoms with van der Waals surface area (Å²) in [6, 6.07) is 0. The fourth-order valence-electron chi connectivity index (χ4n) is 2.01. The van der Waals surface area contributed by atoms with E-state index < -0.39 is 6.49 Å². The molecule has 3 unspecified atom stereocenters. The molecule has 1 aliphatic rings. The Labute approximate surface area is 131 Å². The first-order valence-electron chi connectivity index (χ1n) is 6.15. The number of nitrogens with two attached hydrogens (primary N) is 1. The number of ether oxygens (including phenoxy) is 1. The highest BCUT2D eigenvalue weighted by molar-refractivity contribution is 8.09. The van der Waals surface area contributed by atoms with Crippen LogP contribution in [0.15, 0.2) is 24.8 Å². The van der Waals surface area contributed by atoms with E-state index in [2.05, 4.69) is 15.0 Å². The van der Waals surface area contributed by atoms with Crippen molar-refractivity contribution < 1.29 is 14.2 Å². The number of hydrogen-bond donors (Lipinski definition) is 3. The van der Waals surface area contributed by atoms with Crippen LogP contribution in [0.2, 0.25) is 0 Å². The summed E-state index contributed by atoms with van der Waals surface area (Å²) in [5, 5.41) is 0. The Hall–Kier alpha value is -1.42. The molecule has 0 radical (unpaired) electrons. The second-order valence-corrected chi connectivity index (χ2v) is 8.53. The smallest absolute Gasteiger partial charge is 0.183 e. The normalized spacial score (nSPS) is 23.4. The van der Waals surface area contributed by atoms with Gasteiger partial charge in [-0.3, -0.25) is 4.57 Å². The van der Waals surface area contributed by atoms with Gasteiger partial charge in [0.1, 0.15) is 17.9 Å². The molecule has 3 heterocycles. The molecule has 1 aliphatic heterocycles. The van der Waals surface area contributed by atoms with E-state index in [9.17, 15) is 4.89 Å².